The summed E-state index contributed by atoms with van der Waals surface area (Å²) in [4.78, 5) is 30.1. The normalized spacial score (nSPS) is 16.0. The van der Waals surface area contributed by atoms with Crippen LogP contribution >= 0.6 is 0 Å². The van der Waals surface area contributed by atoms with E-state index in [1.54, 1.807) is 15.7 Å². The molecule has 3 rings (SSSR count). The number of likely N-dealkylation sites (N-methyl/N-ethyl adjacent to an activating group) is 1. The third-order valence-corrected chi connectivity index (χ3v) is 5.70. The SMILES string of the molecule is Cc1ccc(OC2CCN(C(=O)c3c(C)ccn(C(C)CN(C)C)c3=O)CC2)cc1. The Labute approximate surface area is 179 Å². The molecule has 6 nitrogen and oxygen atoms in total. The zero-order valence-corrected chi connectivity index (χ0v) is 18.7. The third-order valence-electron chi connectivity index (χ3n) is 5.70. The summed E-state index contributed by atoms with van der Waals surface area (Å²) >= 11 is 0. The van der Waals surface area contributed by atoms with Crippen LogP contribution in [0.1, 0.15) is 47.3 Å². The zero-order chi connectivity index (χ0) is 21.8. The highest BCUT2D eigenvalue weighted by Crippen LogP contribution is 2.21. The molecule has 0 aliphatic carbocycles. The number of nitrogens with zero attached hydrogens (tertiary/aromatic N) is 3. The van der Waals surface area contributed by atoms with E-state index in [0.29, 0.717) is 18.7 Å². The Morgan fingerprint density at radius 3 is 2.37 bits per heavy atom. The highest BCUT2D eigenvalue weighted by Gasteiger charge is 2.28. The van der Waals surface area contributed by atoms with Crippen molar-refractivity contribution in [3.05, 3.63) is 63.6 Å². The van der Waals surface area contributed by atoms with E-state index in [2.05, 4.69) is 6.92 Å². The number of rotatable bonds is 6. The van der Waals surface area contributed by atoms with E-state index >= 15 is 0 Å². The number of benzene rings is 1. The van der Waals surface area contributed by atoms with Crippen LogP contribution in [0.3, 0.4) is 0 Å². The first-order valence-corrected chi connectivity index (χ1v) is 10.7. The molecule has 1 aromatic heterocycles. The van der Waals surface area contributed by atoms with Gasteiger partial charge in [0.2, 0.25) is 0 Å². The van der Waals surface area contributed by atoms with E-state index in [1.807, 2.05) is 63.2 Å². The summed E-state index contributed by atoms with van der Waals surface area (Å²) in [6.45, 7) is 7.81. The molecule has 1 unspecified atom stereocenters. The van der Waals surface area contributed by atoms with Gasteiger partial charge < -0.3 is 19.1 Å². The summed E-state index contributed by atoms with van der Waals surface area (Å²) < 4.78 is 7.74. The second-order valence-corrected chi connectivity index (χ2v) is 8.62. The van der Waals surface area contributed by atoms with Gasteiger partial charge in [-0.2, -0.15) is 0 Å². The van der Waals surface area contributed by atoms with E-state index < -0.39 is 0 Å². The van der Waals surface area contributed by atoms with Gasteiger partial charge >= 0.3 is 0 Å². The molecule has 6 heteroatoms. The third kappa shape index (κ3) is 5.11. The van der Waals surface area contributed by atoms with Crippen LogP contribution in [-0.2, 0) is 0 Å². The van der Waals surface area contributed by atoms with Crippen LogP contribution in [0.15, 0.2) is 41.3 Å². The topological polar surface area (TPSA) is 54.8 Å². The van der Waals surface area contributed by atoms with Crippen LogP contribution in [0, 0.1) is 13.8 Å². The van der Waals surface area contributed by atoms with Gasteiger partial charge in [-0.3, -0.25) is 9.59 Å². The lowest BCUT2D eigenvalue weighted by molar-refractivity contribution is 0.0592. The van der Waals surface area contributed by atoms with Crippen LogP contribution in [0.5, 0.6) is 5.75 Å². The van der Waals surface area contributed by atoms with Crippen molar-refractivity contribution in [2.24, 2.45) is 0 Å². The number of hydrogen-bond acceptors (Lipinski definition) is 4. The van der Waals surface area contributed by atoms with Gasteiger partial charge in [-0.25, -0.2) is 0 Å². The molecule has 2 aromatic rings. The molecule has 0 radical (unpaired) electrons. The van der Waals surface area contributed by atoms with Gasteiger partial charge in [0.25, 0.3) is 11.5 Å². The first-order valence-electron chi connectivity index (χ1n) is 10.7. The Kier molecular flexibility index (Phi) is 6.98. The van der Waals surface area contributed by atoms with Crippen LogP contribution in [0.2, 0.25) is 0 Å². The lowest BCUT2D eigenvalue weighted by atomic mass is 10.0. The number of aryl methyl sites for hydroxylation is 2. The summed E-state index contributed by atoms with van der Waals surface area (Å²) in [5.41, 5.74) is 2.02. The van der Waals surface area contributed by atoms with Crippen LogP contribution in [0.4, 0.5) is 0 Å². The molecule has 162 valence electrons. The molecule has 1 saturated heterocycles. The van der Waals surface area contributed by atoms with Crippen molar-refractivity contribution in [1.82, 2.24) is 14.4 Å². The Morgan fingerprint density at radius 1 is 1.13 bits per heavy atom. The fourth-order valence-electron chi connectivity index (χ4n) is 4.01. The van der Waals surface area contributed by atoms with Gasteiger partial charge in [0.15, 0.2) is 0 Å². The highest BCUT2D eigenvalue weighted by atomic mass is 16.5. The number of likely N-dealkylation sites (tertiary alicyclic amines) is 1. The molecule has 30 heavy (non-hydrogen) atoms. The summed E-state index contributed by atoms with van der Waals surface area (Å²) in [5, 5.41) is 0. The number of carbonyl (C=O) groups is 1. The fourth-order valence-corrected chi connectivity index (χ4v) is 4.01. The molecular weight excluding hydrogens is 378 g/mol. The van der Waals surface area contributed by atoms with Gasteiger partial charge in [-0.1, -0.05) is 17.7 Å². The van der Waals surface area contributed by atoms with Gasteiger partial charge in [-0.15, -0.1) is 0 Å². The smallest absolute Gasteiger partial charge is 0.263 e. The minimum atomic E-state index is -0.202. The standard InChI is InChI=1S/C24H33N3O3/c1-17-6-8-20(9-7-17)30-21-11-13-26(14-12-21)23(28)22-18(2)10-15-27(24(22)29)19(3)16-25(4)5/h6-10,15,19,21H,11-14,16H2,1-5H3. The summed E-state index contributed by atoms with van der Waals surface area (Å²) in [6, 6.07) is 9.90. The first kappa shape index (κ1) is 22.1. The lowest BCUT2D eigenvalue weighted by Crippen LogP contribution is -2.44. The summed E-state index contributed by atoms with van der Waals surface area (Å²) in [7, 11) is 3.95. The Hall–Kier alpha value is -2.60. The van der Waals surface area contributed by atoms with Crippen LogP contribution in [-0.4, -0.2) is 60.1 Å². The van der Waals surface area contributed by atoms with E-state index in [9.17, 15) is 9.59 Å². The molecule has 1 atom stereocenters. The van der Waals surface area contributed by atoms with Crippen LogP contribution < -0.4 is 10.3 Å². The maximum atomic E-state index is 13.2. The highest BCUT2D eigenvalue weighted by molar-refractivity contribution is 5.95. The van der Waals surface area contributed by atoms with Crippen molar-refractivity contribution in [2.45, 2.75) is 45.8 Å². The first-order chi connectivity index (χ1) is 14.3. The van der Waals surface area contributed by atoms with Gasteiger partial charge in [0, 0.05) is 44.7 Å². The van der Waals surface area contributed by atoms with Crippen molar-refractivity contribution in [1.29, 1.82) is 0 Å². The minimum absolute atomic E-state index is 0.00621. The molecule has 0 bridgehead atoms. The van der Waals surface area contributed by atoms with Crippen LogP contribution in [0.25, 0.3) is 0 Å². The summed E-state index contributed by atoms with van der Waals surface area (Å²) in [5.74, 6) is 0.694. The molecule has 2 heterocycles. The number of pyridine rings is 1. The largest absolute Gasteiger partial charge is 0.490 e. The van der Waals surface area contributed by atoms with Crippen molar-refractivity contribution >= 4 is 5.91 Å². The molecule has 1 amide bonds. The van der Waals surface area contributed by atoms with Crippen molar-refractivity contribution in [2.75, 3.05) is 33.7 Å². The zero-order valence-electron chi connectivity index (χ0n) is 18.7. The second-order valence-electron chi connectivity index (χ2n) is 8.62. The number of ether oxygens (including phenoxy) is 1. The Balaban J connectivity index is 1.68. The van der Waals surface area contributed by atoms with E-state index in [4.69, 9.17) is 4.74 Å². The molecule has 1 aliphatic rings. The number of aromatic nitrogens is 1. The van der Waals surface area contributed by atoms with E-state index in [1.165, 1.54) is 5.56 Å². The lowest BCUT2D eigenvalue weighted by Gasteiger charge is -2.32. The molecule has 1 aromatic carbocycles. The number of hydrogen-bond donors (Lipinski definition) is 0. The quantitative estimate of drug-likeness (QED) is 0.732. The van der Waals surface area contributed by atoms with Crippen molar-refractivity contribution in [3.8, 4) is 5.75 Å². The molecular formula is C24H33N3O3. The predicted octanol–water partition coefficient (Wildman–Crippen LogP) is 3.27. The average molecular weight is 412 g/mol. The number of piperidine rings is 1. The molecule has 0 saturated carbocycles. The molecule has 1 fully saturated rings. The number of carbonyl (C=O) groups excluding carboxylic acids is 1. The van der Waals surface area contributed by atoms with Gasteiger partial charge in [0.05, 0.1) is 0 Å². The van der Waals surface area contributed by atoms with E-state index in [0.717, 1.165) is 30.7 Å². The monoisotopic (exact) mass is 411 g/mol. The Bertz CT molecular complexity index is 926. The Morgan fingerprint density at radius 2 is 1.77 bits per heavy atom. The van der Waals surface area contributed by atoms with Gasteiger partial charge in [0.1, 0.15) is 17.4 Å². The van der Waals surface area contributed by atoms with Gasteiger partial charge in [-0.05, 0) is 58.6 Å². The minimum Gasteiger partial charge on any atom is -0.490 e. The molecule has 0 spiro atoms. The summed E-state index contributed by atoms with van der Waals surface area (Å²) in [6.07, 6.45) is 3.41. The second kappa shape index (κ2) is 9.47. The van der Waals surface area contributed by atoms with E-state index in [-0.39, 0.29) is 23.6 Å². The maximum Gasteiger partial charge on any atom is 0.263 e. The maximum absolute atomic E-state index is 13.2. The van der Waals surface area contributed by atoms with Crippen molar-refractivity contribution < 1.29 is 9.53 Å². The van der Waals surface area contributed by atoms with Crippen molar-refractivity contribution in [3.63, 3.8) is 0 Å². The molecule has 1 aliphatic heterocycles. The molecule has 0 N–H and O–H groups in total. The fraction of sp³-hybridized carbons (Fsp3) is 0.500. The number of amides is 1. The average Bonchev–Trinajstić information content (AvgIpc) is 2.69. The predicted molar refractivity (Wildman–Crippen MR) is 119 cm³/mol.